The lowest BCUT2D eigenvalue weighted by Crippen LogP contribution is -2.17. The maximum absolute atomic E-state index is 9.06. The topological polar surface area (TPSA) is 32.6 Å². The summed E-state index contributed by atoms with van der Waals surface area (Å²) >= 11 is 12.0. The van der Waals surface area contributed by atoms with E-state index < -0.39 is 0 Å². The van der Waals surface area contributed by atoms with Crippen LogP contribution in [-0.2, 0) is 0 Å². The molecule has 3 rings (SSSR count). The summed E-state index contributed by atoms with van der Waals surface area (Å²) in [5.41, 5.74) is 4.72. The minimum absolute atomic E-state index is 0.330. The molecule has 1 saturated carbocycles. The van der Waals surface area contributed by atoms with Crippen molar-refractivity contribution < 1.29 is 5.21 Å². The van der Waals surface area contributed by atoms with Crippen molar-refractivity contribution in [1.29, 1.82) is 0 Å². The van der Waals surface area contributed by atoms with E-state index in [1.54, 1.807) is 0 Å². The fourth-order valence-corrected chi connectivity index (χ4v) is 4.13. The van der Waals surface area contributed by atoms with Gasteiger partial charge in [0.15, 0.2) is 0 Å². The molecule has 0 amide bonds. The molecule has 16 heavy (non-hydrogen) atoms. The molecule has 0 aromatic carbocycles. The molecule has 2 nitrogen and oxygen atoms in total. The number of hydrogen-bond donors (Lipinski definition) is 1. The van der Waals surface area contributed by atoms with E-state index in [0.29, 0.717) is 16.3 Å². The highest BCUT2D eigenvalue weighted by atomic mass is 35.5. The summed E-state index contributed by atoms with van der Waals surface area (Å²) in [6.07, 6.45) is 5.32. The van der Waals surface area contributed by atoms with Gasteiger partial charge in [0, 0.05) is 11.8 Å². The lowest BCUT2D eigenvalue weighted by Gasteiger charge is -2.24. The molecular weight excluding hydrogens is 245 g/mol. The van der Waals surface area contributed by atoms with E-state index in [9.17, 15) is 0 Å². The standard InChI is InChI=1S/C12H13Cl2NO/c13-12(14)11-7-4-5-8(11)10-6(7)2-1-3-9(10)15-16/h7-8,16H,1-5H2/b15-9+. The first-order valence-electron chi connectivity index (χ1n) is 5.73. The second kappa shape index (κ2) is 3.78. The third kappa shape index (κ3) is 1.29. The Morgan fingerprint density at radius 1 is 1.19 bits per heavy atom. The van der Waals surface area contributed by atoms with Gasteiger partial charge in [0.2, 0.25) is 0 Å². The van der Waals surface area contributed by atoms with Crippen LogP contribution in [0.5, 0.6) is 0 Å². The summed E-state index contributed by atoms with van der Waals surface area (Å²) in [5, 5.41) is 12.5. The van der Waals surface area contributed by atoms with Gasteiger partial charge in [-0.3, -0.25) is 0 Å². The molecule has 0 aromatic heterocycles. The fourth-order valence-electron chi connectivity index (χ4n) is 3.60. The molecule has 3 aliphatic carbocycles. The fraction of sp³-hybridized carbons (Fsp3) is 0.583. The van der Waals surface area contributed by atoms with E-state index in [2.05, 4.69) is 5.16 Å². The molecule has 0 aromatic rings. The van der Waals surface area contributed by atoms with E-state index in [1.165, 1.54) is 16.7 Å². The maximum atomic E-state index is 9.06. The van der Waals surface area contributed by atoms with Gasteiger partial charge in [0.25, 0.3) is 0 Å². The molecule has 4 heteroatoms. The molecule has 2 bridgehead atoms. The molecule has 2 unspecified atom stereocenters. The van der Waals surface area contributed by atoms with Crippen molar-refractivity contribution in [3.05, 3.63) is 21.2 Å². The van der Waals surface area contributed by atoms with Crippen molar-refractivity contribution in [3.63, 3.8) is 0 Å². The van der Waals surface area contributed by atoms with Gasteiger partial charge in [-0.2, -0.15) is 0 Å². The van der Waals surface area contributed by atoms with Crippen molar-refractivity contribution in [2.75, 3.05) is 0 Å². The van der Waals surface area contributed by atoms with E-state index >= 15 is 0 Å². The van der Waals surface area contributed by atoms with Gasteiger partial charge >= 0.3 is 0 Å². The van der Waals surface area contributed by atoms with Gasteiger partial charge < -0.3 is 5.21 Å². The highest BCUT2D eigenvalue weighted by Crippen LogP contribution is 2.57. The average molecular weight is 258 g/mol. The molecule has 0 spiro atoms. The zero-order chi connectivity index (χ0) is 11.3. The predicted molar refractivity (Wildman–Crippen MR) is 65.0 cm³/mol. The molecule has 3 aliphatic rings. The number of oxime groups is 1. The lowest BCUT2D eigenvalue weighted by molar-refractivity contribution is 0.316. The number of halogens is 2. The van der Waals surface area contributed by atoms with Crippen molar-refractivity contribution in [2.45, 2.75) is 32.1 Å². The Kier molecular flexibility index (Phi) is 2.52. The first-order chi connectivity index (χ1) is 7.74. The van der Waals surface area contributed by atoms with Crippen LogP contribution in [0.3, 0.4) is 0 Å². The number of fused-ring (bicyclic) bond motifs is 4. The van der Waals surface area contributed by atoms with Crippen LogP contribution in [0.1, 0.15) is 32.1 Å². The first-order valence-corrected chi connectivity index (χ1v) is 6.49. The van der Waals surface area contributed by atoms with Crippen LogP contribution < -0.4 is 0 Å². The molecule has 0 heterocycles. The Morgan fingerprint density at radius 3 is 2.62 bits per heavy atom. The third-order valence-electron chi connectivity index (χ3n) is 4.12. The molecule has 86 valence electrons. The molecular formula is C12H13Cl2NO. The van der Waals surface area contributed by atoms with Gasteiger partial charge in [0.1, 0.15) is 4.49 Å². The smallest absolute Gasteiger partial charge is 0.107 e. The quantitative estimate of drug-likeness (QED) is 0.516. The summed E-state index contributed by atoms with van der Waals surface area (Å²) < 4.78 is 0.430. The normalized spacial score (nSPS) is 34.9. The van der Waals surface area contributed by atoms with Gasteiger partial charge in [-0.1, -0.05) is 33.9 Å². The largest absolute Gasteiger partial charge is 0.411 e. The van der Waals surface area contributed by atoms with Gasteiger partial charge in [-0.25, -0.2) is 0 Å². The monoisotopic (exact) mass is 257 g/mol. The van der Waals surface area contributed by atoms with Gasteiger partial charge in [-0.05, 0) is 43.3 Å². The van der Waals surface area contributed by atoms with Crippen molar-refractivity contribution >= 4 is 28.9 Å². The maximum Gasteiger partial charge on any atom is 0.107 e. The third-order valence-corrected chi connectivity index (χ3v) is 4.56. The summed E-state index contributed by atoms with van der Waals surface area (Å²) in [7, 11) is 0. The number of nitrogens with zero attached hydrogens (tertiary/aromatic N) is 1. The molecule has 0 aliphatic heterocycles. The van der Waals surface area contributed by atoms with Gasteiger partial charge in [-0.15, -0.1) is 0 Å². The summed E-state index contributed by atoms with van der Waals surface area (Å²) in [6.45, 7) is 0. The van der Waals surface area contributed by atoms with E-state index in [1.807, 2.05) is 0 Å². The second-order valence-electron chi connectivity index (χ2n) is 4.74. The van der Waals surface area contributed by atoms with Crippen LogP contribution in [0.4, 0.5) is 0 Å². The minimum Gasteiger partial charge on any atom is -0.411 e. The Bertz CT molecular complexity index is 432. The number of allylic oxidation sites excluding steroid dienone is 3. The van der Waals surface area contributed by atoms with E-state index in [0.717, 1.165) is 37.8 Å². The highest BCUT2D eigenvalue weighted by molar-refractivity contribution is 6.56. The van der Waals surface area contributed by atoms with Crippen molar-refractivity contribution in [3.8, 4) is 0 Å². The van der Waals surface area contributed by atoms with E-state index in [4.69, 9.17) is 28.4 Å². The van der Waals surface area contributed by atoms with Crippen LogP contribution in [-0.4, -0.2) is 10.9 Å². The molecule has 0 saturated heterocycles. The molecule has 0 radical (unpaired) electrons. The zero-order valence-corrected chi connectivity index (χ0v) is 10.4. The Hall–Kier alpha value is -0.470. The Labute approximate surface area is 105 Å². The van der Waals surface area contributed by atoms with Crippen LogP contribution in [0, 0.1) is 11.8 Å². The average Bonchev–Trinajstić information content (AvgIpc) is 2.84. The molecule has 2 atom stereocenters. The Morgan fingerprint density at radius 2 is 1.94 bits per heavy atom. The highest BCUT2D eigenvalue weighted by Gasteiger charge is 2.46. The van der Waals surface area contributed by atoms with Crippen molar-refractivity contribution in [1.82, 2.24) is 0 Å². The van der Waals surface area contributed by atoms with Crippen LogP contribution in [0.25, 0.3) is 0 Å². The SMILES string of the molecule is O/N=C1\CCCC2=C1C1CCC2C1=C(Cl)Cl. The summed E-state index contributed by atoms with van der Waals surface area (Å²) in [4.78, 5) is 0. The van der Waals surface area contributed by atoms with Crippen molar-refractivity contribution in [2.24, 2.45) is 17.0 Å². The van der Waals surface area contributed by atoms with E-state index in [-0.39, 0.29) is 0 Å². The number of rotatable bonds is 0. The van der Waals surface area contributed by atoms with Gasteiger partial charge in [0.05, 0.1) is 5.71 Å². The lowest BCUT2D eigenvalue weighted by atomic mass is 9.81. The Balaban J connectivity index is 2.12. The zero-order valence-electron chi connectivity index (χ0n) is 8.84. The molecule has 1 fully saturated rings. The molecule has 1 N–H and O–H groups in total. The van der Waals surface area contributed by atoms with Crippen LogP contribution in [0.2, 0.25) is 0 Å². The first kappa shape index (κ1) is 10.7. The second-order valence-corrected chi connectivity index (χ2v) is 5.69. The van der Waals surface area contributed by atoms with Crippen LogP contribution in [0.15, 0.2) is 26.4 Å². The minimum atomic E-state index is 0.330. The number of hydrogen-bond acceptors (Lipinski definition) is 2. The summed E-state index contributed by atoms with van der Waals surface area (Å²) in [5.74, 6) is 0.762. The predicted octanol–water partition coefficient (Wildman–Crippen LogP) is 4.03. The summed E-state index contributed by atoms with van der Waals surface area (Å²) in [6, 6.07) is 0. The van der Waals surface area contributed by atoms with Crippen LogP contribution >= 0.6 is 23.2 Å².